The van der Waals surface area contributed by atoms with Gasteiger partial charge in [-0.2, -0.15) is 0 Å². The molecule has 0 bridgehead atoms. The van der Waals surface area contributed by atoms with E-state index in [0.29, 0.717) is 30.2 Å². The number of phenolic OH excluding ortho intramolecular Hbond substituents is 1. The molecule has 8 heteroatoms. The van der Waals surface area contributed by atoms with E-state index in [1.54, 1.807) is 24.3 Å². The number of aliphatic hydroxyl groups excluding tert-OH is 1. The van der Waals surface area contributed by atoms with Crippen molar-refractivity contribution in [1.82, 2.24) is 5.32 Å². The molecule has 2 unspecified atom stereocenters. The highest BCUT2D eigenvalue weighted by molar-refractivity contribution is 5.91. The number of ether oxygens (including phenoxy) is 4. The molecule has 31 heavy (non-hydrogen) atoms. The van der Waals surface area contributed by atoms with Gasteiger partial charge in [0.1, 0.15) is 11.9 Å². The molecular formula is C23H31NO7. The number of esters is 1. The highest BCUT2D eigenvalue weighted by Gasteiger charge is 2.26. The van der Waals surface area contributed by atoms with Crippen LogP contribution in [0.5, 0.6) is 23.0 Å². The van der Waals surface area contributed by atoms with Crippen molar-refractivity contribution in [3.63, 3.8) is 0 Å². The largest absolute Gasteiger partial charge is 0.508 e. The SMILES string of the molecule is COc1cc(C(=O)OC(c2ccc(O)cc2)C(C)NCCCCO)cc(OC)c1OC. The first-order valence-corrected chi connectivity index (χ1v) is 10.1. The van der Waals surface area contributed by atoms with Crippen molar-refractivity contribution >= 4 is 5.97 Å². The van der Waals surface area contributed by atoms with Crippen LogP contribution >= 0.6 is 0 Å². The molecule has 2 aromatic carbocycles. The van der Waals surface area contributed by atoms with Crippen molar-refractivity contribution in [1.29, 1.82) is 0 Å². The summed E-state index contributed by atoms with van der Waals surface area (Å²) < 4.78 is 21.8. The lowest BCUT2D eigenvalue weighted by atomic mass is 10.0. The monoisotopic (exact) mass is 433 g/mol. The topological polar surface area (TPSA) is 106 Å². The molecule has 0 heterocycles. The molecular weight excluding hydrogens is 402 g/mol. The molecule has 8 nitrogen and oxygen atoms in total. The fourth-order valence-corrected chi connectivity index (χ4v) is 3.18. The van der Waals surface area contributed by atoms with Gasteiger partial charge in [-0.15, -0.1) is 0 Å². The van der Waals surface area contributed by atoms with E-state index in [9.17, 15) is 9.90 Å². The standard InChI is InChI=1S/C23H31NO7/c1-15(24-11-5-6-12-25)21(16-7-9-18(26)10-8-16)31-23(27)17-13-19(28-2)22(30-4)20(14-17)29-3/h7-10,13-15,21,24-26H,5-6,11-12H2,1-4H3. The number of aromatic hydroxyl groups is 1. The van der Waals surface area contributed by atoms with E-state index in [4.69, 9.17) is 24.1 Å². The highest BCUT2D eigenvalue weighted by Crippen LogP contribution is 2.38. The van der Waals surface area contributed by atoms with Crippen LogP contribution in [0.2, 0.25) is 0 Å². The minimum Gasteiger partial charge on any atom is -0.508 e. The number of carbonyl (C=O) groups excluding carboxylic acids is 1. The molecule has 0 radical (unpaired) electrons. The number of phenols is 1. The summed E-state index contributed by atoms with van der Waals surface area (Å²) in [5, 5.41) is 21.9. The van der Waals surface area contributed by atoms with Crippen LogP contribution in [0, 0.1) is 0 Å². The van der Waals surface area contributed by atoms with Gasteiger partial charge in [-0.1, -0.05) is 12.1 Å². The lowest BCUT2D eigenvalue weighted by molar-refractivity contribution is 0.0210. The van der Waals surface area contributed by atoms with Gasteiger partial charge in [0.15, 0.2) is 11.5 Å². The van der Waals surface area contributed by atoms with Gasteiger partial charge < -0.3 is 34.5 Å². The molecule has 0 aliphatic carbocycles. The molecule has 0 amide bonds. The summed E-state index contributed by atoms with van der Waals surface area (Å²) in [6.07, 6.45) is 0.875. The zero-order valence-electron chi connectivity index (χ0n) is 18.4. The number of nitrogens with one attached hydrogen (secondary N) is 1. The number of benzene rings is 2. The Morgan fingerprint density at radius 1 is 1.00 bits per heavy atom. The Morgan fingerprint density at radius 2 is 1.61 bits per heavy atom. The van der Waals surface area contributed by atoms with Crippen LogP contribution in [0.15, 0.2) is 36.4 Å². The number of hydrogen-bond acceptors (Lipinski definition) is 8. The second-order valence-corrected chi connectivity index (χ2v) is 7.00. The quantitative estimate of drug-likeness (QED) is 0.346. The third-order valence-electron chi connectivity index (χ3n) is 4.86. The number of hydrogen-bond donors (Lipinski definition) is 3. The maximum atomic E-state index is 13.0. The molecule has 3 N–H and O–H groups in total. The minimum absolute atomic E-state index is 0.127. The number of rotatable bonds is 12. The number of methoxy groups -OCH3 is 3. The second-order valence-electron chi connectivity index (χ2n) is 7.00. The average Bonchev–Trinajstić information content (AvgIpc) is 2.79. The summed E-state index contributed by atoms with van der Waals surface area (Å²) in [7, 11) is 4.44. The maximum Gasteiger partial charge on any atom is 0.339 e. The summed E-state index contributed by atoms with van der Waals surface area (Å²) in [5.74, 6) is 0.661. The van der Waals surface area contributed by atoms with Crippen molar-refractivity contribution in [3.8, 4) is 23.0 Å². The summed E-state index contributed by atoms with van der Waals surface area (Å²) >= 11 is 0. The highest BCUT2D eigenvalue weighted by atomic mass is 16.5. The zero-order valence-corrected chi connectivity index (χ0v) is 18.4. The molecule has 0 saturated heterocycles. The van der Waals surface area contributed by atoms with Crippen molar-refractivity contribution in [2.75, 3.05) is 34.5 Å². The molecule has 0 saturated carbocycles. The summed E-state index contributed by atoms with van der Waals surface area (Å²) in [5.41, 5.74) is 0.992. The Balaban J connectivity index is 2.28. The maximum absolute atomic E-state index is 13.0. The molecule has 2 rings (SSSR count). The lowest BCUT2D eigenvalue weighted by Crippen LogP contribution is -2.35. The molecule has 0 aliphatic heterocycles. The molecule has 0 fully saturated rings. The Kier molecular flexibility index (Phi) is 9.42. The minimum atomic E-state index is -0.610. The van der Waals surface area contributed by atoms with Gasteiger partial charge in [-0.25, -0.2) is 4.79 Å². The van der Waals surface area contributed by atoms with Crippen molar-refractivity contribution in [2.24, 2.45) is 0 Å². The number of carbonyl (C=O) groups is 1. The molecule has 0 spiro atoms. The van der Waals surface area contributed by atoms with Gasteiger partial charge >= 0.3 is 5.97 Å². The zero-order chi connectivity index (χ0) is 22.8. The fraction of sp³-hybridized carbons (Fsp3) is 0.435. The van der Waals surface area contributed by atoms with Gasteiger partial charge in [0, 0.05) is 12.6 Å². The van der Waals surface area contributed by atoms with Crippen LogP contribution < -0.4 is 19.5 Å². The van der Waals surface area contributed by atoms with Gasteiger partial charge in [0.2, 0.25) is 5.75 Å². The Morgan fingerprint density at radius 3 is 2.13 bits per heavy atom. The Bertz CT molecular complexity index is 813. The smallest absolute Gasteiger partial charge is 0.339 e. The number of aliphatic hydroxyl groups is 1. The van der Waals surface area contributed by atoms with Gasteiger partial charge in [0.25, 0.3) is 0 Å². The van der Waals surface area contributed by atoms with E-state index >= 15 is 0 Å². The lowest BCUT2D eigenvalue weighted by Gasteiger charge is -2.26. The van der Waals surface area contributed by atoms with Crippen LogP contribution in [-0.2, 0) is 4.74 Å². The van der Waals surface area contributed by atoms with Crippen LogP contribution in [-0.4, -0.2) is 56.7 Å². The summed E-state index contributed by atoms with van der Waals surface area (Å²) in [6, 6.07) is 9.40. The Labute approximate surface area is 182 Å². The molecule has 2 aromatic rings. The molecule has 170 valence electrons. The van der Waals surface area contributed by atoms with E-state index in [1.165, 1.54) is 33.5 Å². The van der Waals surface area contributed by atoms with Gasteiger partial charge in [-0.05, 0) is 56.1 Å². The van der Waals surface area contributed by atoms with Crippen molar-refractivity contribution in [3.05, 3.63) is 47.5 Å². The van der Waals surface area contributed by atoms with Crippen LogP contribution in [0.25, 0.3) is 0 Å². The normalized spacial score (nSPS) is 12.7. The van der Waals surface area contributed by atoms with Gasteiger partial charge in [0.05, 0.1) is 26.9 Å². The van der Waals surface area contributed by atoms with Crippen molar-refractivity contribution < 1.29 is 34.0 Å². The van der Waals surface area contributed by atoms with Crippen LogP contribution in [0.3, 0.4) is 0 Å². The van der Waals surface area contributed by atoms with Crippen LogP contribution in [0.1, 0.15) is 41.8 Å². The third kappa shape index (κ3) is 6.50. The van der Waals surface area contributed by atoms with Crippen LogP contribution in [0.4, 0.5) is 0 Å². The van der Waals surface area contributed by atoms with E-state index < -0.39 is 12.1 Å². The molecule has 2 atom stereocenters. The van der Waals surface area contributed by atoms with E-state index in [1.807, 2.05) is 6.92 Å². The third-order valence-corrected chi connectivity index (χ3v) is 4.86. The summed E-state index contributed by atoms with van der Waals surface area (Å²) in [6.45, 7) is 2.71. The molecule has 0 aliphatic rings. The average molecular weight is 434 g/mol. The first kappa shape index (κ1) is 24.3. The second kappa shape index (κ2) is 12.0. The first-order chi connectivity index (χ1) is 14.9. The summed E-state index contributed by atoms with van der Waals surface area (Å²) in [4.78, 5) is 13.0. The van der Waals surface area contributed by atoms with E-state index in [0.717, 1.165) is 12.0 Å². The van der Waals surface area contributed by atoms with Gasteiger partial charge in [-0.3, -0.25) is 0 Å². The first-order valence-electron chi connectivity index (χ1n) is 10.1. The predicted octanol–water partition coefficient (Wildman–Crippen LogP) is 3.07. The Hall–Kier alpha value is -2.97. The van der Waals surface area contributed by atoms with E-state index in [-0.39, 0.29) is 24.0 Å². The van der Waals surface area contributed by atoms with E-state index in [2.05, 4.69) is 5.32 Å². The van der Waals surface area contributed by atoms with Crippen molar-refractivity contribution in [2.45, 2.75) is 31.9 Å². The predicted molar refractivity (Wildman–Crippen MR) is 116 cm³/mol. The number of unbranched alkanes of at least 4 members (excludes halogenated alkanes) is 1. The molecule has 0 aromatic heterocycles. The fourth-order valence-electron chi connectivity index (χ4n) is 3.18.